The number of para-hydroxylation sites is 1. The molecule has 0 radical (unpaired) electrons. The van der Waals surface area contributed by atoms with Crippen LogP contribution < -0.4 is 5.73 Å². The molecule has 2 unspecified atom stereocenters. The first-order valence-corrected chi connectivity index (χ1v) is 14.5. The van der Waals surface area contributed by atoms with E-state index in [0.717, 1.165) is 42.4 Å². The molecule has 2 saturated heterocycles. The van der Waals surface area contributed by atoms with E-state index in [1.807, 2.05) is 48.5 Å². The van der Waals surface area contributed by atoms with Crippen molar-refractivity contribution >= 4 is 34.2 Å². The van der Waals surface area contributed by atoms with Crippen LogP contribution in [0.25, 0.3) is 10.9 Å². The fraction of sp³-hybridized carbons (Fsp3) is 0.484. The number of Topliss-reactive ketones (excluding diaryl/α,β-unsaturated/α-hetero) is 1. The molecule has 3 heterocycles. The number of hydrogen-bond acceptors (Lipinski definition) is 5. The van der Waals surface area contributed by atoms with Gasteiger partial charge in [0.15, 0.2) is 5.78 Å². The fourth-order valence-corrected chi connectivity index (χ4v) is 6.74. The number of hydrogen-bond donors (Lipinski definition) is 2. The molecule has 1 aromatic heterocycles. The van der Waals surface area contributed by atoms with Crippen molar-refractivity contribution in [1.29, 1.82) is 0 Å². The van der Waals surface area contributed by atoms with Crippen molar-refractivity contribution < 1.29 is 9.59 Å². The molecule has 208 valence electrons. The lowest BCUT2D eigenvalue weighted by Crippen LogP contribution is -2.67. The monoisotopic (exact) mass is 549 g/mol. The molecule has 2 aliphatic heterocycles. The van der Waals surface area contributed by atoms with E-state index in [2.05, 4.69) is 14.8 Å². The number of likely N-dealkylation sites (tertiary alicyclic amines) is 2. The van der Waals surface area contributed by atoms with Gasteiger partial charge in [-0.3, -0.25) is 14.5 Å². The molecule has 39 heavy (non-hydrogen) atoms. The number of fused-ring (bicyclic) bond motifs is 1. The van der Waals surface area contributed by atoms with E-state index < -0.39 is 11.6 Å². The van der Waals surface area contributed by atoms with Crippen molar-refractivity contribution in [2.45, 2.75) is 63.2 Å². The topological polar surface area (TPSA) is 85.7 Å². The number of likely N-dealkylation sites (N-methyl/N-ethyl adjacent to an activating group) is 1. The number of piperidine rings is 2. The zero-order chi connectivity index (χ0) is 27.6. The maximum atomic E-state index is 14.4. The summed E-state index contributed by atoms with van der Waals surface area (Å²) in [6, 6.07) is 15.0. The highest BCUT2D eigenvalue weighted by Gasteiger charge is 2.51. The molecule has 8 heteroatoms. The van der Waals surface area contributed by atoms with Crippen LogP contribution in [0.2, 0.25) is 5.02 Å². The van der Waals surface area contributed by atoms with Gasteiger partial charge in [-0.05, 0) is 63.4 Å². The van der Waals surface area contributed by atoms with Crippen molar-refractivity contribution in [3.8, 4) is 0 Å². The fourth-order valence-electron chi connectivity index (χ4n) is 6.54. The molecule has 0 spiro atoms. The number of H-pyrrole nitrogens is 1. The second-order valence-corrected chi connectivity index (χ2v) is 11.6. The minimum atomic E-state index is -1.52. The number of nitrogens with zero attached hydrogens (tertiary/aromatic N) is 3. The number of aromatic nitrogens is 1. The predicted molar refractivity (Wildman–Crippen MR) is 157 cm³/mol. The van der Waals surface area contributed by atoms with Crippen LogP contribution in [-0.4, -0.2) is 76.7 Å². The zero-order valence-corrected chi connectivity index (χ0v) is 23.8. The number of rotatable bonds is 8. The van der Waals surface area contributed by atoms with Crippen LogP contribution >= 0.6 is 11.6 Å². The Labute approximate surface area is 236 Å². The Kier molecular flexibility index (Phi) is 8.43. The van der Waals surface area contributed by atoms with E-state index in [9.17, 15) is 9.59 Å². The van der Waals surface area contributed by atoms with Crippen LogP contribution in [0.1, 0.15) is 50.2 Å². The molecule has 1 amide bonds. The number of halogens is 1. The summed E-state index contributed by atoms with van der Waals surface area (Å²) in [6.07, 6.45) is 7.54. The number of carbonyl (C=O) groups excluding carboxylic acids is 2. The highest BCUT2D eigenvalue weighted by molar-refractivity contribution is 6.31. The molecule has 0 bridgehead atoms. The molecule has 2 aromatic carbocycles. The van der Waals surface area contributed by atoms with Crippen molar-refractivity contribution in [3.63, 3.8) is 0 Å². The van der Waals surface area contributed by atoms with Gasteiger partial charge >= 0.3 is 0 Å². The molecule has 2 aliphatic rings. The lowest BCUT2D eigenvalue weighted by atomic mass is 9.77. The number of nitrogens with one attached hydrogen (secondary N) is 1. The van der Waals surface area contributed by atoms with Crippen molar-refractivity contribution in [1.82, 2.24) is 19.7 Å². The predicted octanol–water partition coefficient (Wildman–Crippen LogP) is 4.54. The summed E-state index contributed by atoms with van der Waals surface area (Å²) in [5, 5.41) is 1.48. The number of benzene rings is 2. The van der Waals surface area contributed by atoms with Gasteiger partial charge in [0.05, 0.1) is 0 Å². The summed E-state index contributed by atoms with van der Waals surface area (Å²) >= 11 is 6.44. The summed E-state index contributed by atoms with van der Waals surface area (Å²) in [5.74, 6) is -0.399. The third-order valence-corrected chi connectivity index (χ3v) is 9.16. The Balaban J connectivity index is 1.50. The van der Waals surface area contributed by atoms with Crippen molar-refractivity contribution in [2.24, 2.45) is 5.73 Å². The van der Waals surface area contributed by atoms with Crippen LogP contribution in [0.5, 0.6) is 0 Å². The quantitative estimate of drug-likeness (QED) is 0.431. The van der Waals surface area contributed by atoms with Gasteiger partial charge in [-0.25, -0.2) is 0 Å². The van der Waals surface area contributed by atoms with Crippen molar-refractivity contribution in [2.75, 3.05) is 33.2 Å². The molecular weight excluding hydrogens is 510 g/mol. The highest BCUT2D eigenvalue weighted by Crippen LogP contribution is 2.36. The van der Waals surface area contributed by atoms with E-state index in [0.29, 0.717) is 36.3 Å². The lowest BCUT2D eigenvalue weighted by Gasteiger charge is -2.47. The first-order valence-electron chi connectivity index (χ1n) is 14.1. The lowest BCUT2D eigenvalue weighted by molar-refractivity contribution is -0.145. The molecule has 5 rings (SSSR count). The van der Waals surface area contributed by atoms with Crippen LogP contribution in [0, 0.1) is 0 Å². The van der Waals surface area contributed by atoms with Gasteiger partial charge in [0.2, 0.25) is 5.91 Å². The van der Waals surface area contributed by atoms with Gasteiger partial charge in [-0.1, -0.05) is 54.4 Å². The van der Waals surface area contributed by atoms with E-state index in [4.69, 9.17) is 17.3 Å². The first-order chi connectivity index (χ1) is 18.8. The van der Waals surface area contributed by atoms with E-state index >= 15 is 0 Å². The second kappa shape index (κ2) is 11.8. The molecule has 2 fully saturated rings. The minimum Gasteiger partial charge on any atom is -0.361 e. The third-order valence-electron chi connectivity index (χ3n) is 8.80. The van der Waals surface area contributed by atoms with E-state index in [1.165, 1.54) is 26.2 Å². The normalized spacial score (nSPS) is 20.0. The summed E-state index contributed by atoms with van der Waals surface area (Å²) in [5.41, 5.74) is 8.08. The Morgan fingerprint density at radius 3 is 2.41 bits per heavy atom. The number of ketones is 1. The van der Waals surface area contributed by atoms with Gasteiger partial charge in [-0.2, -0.15) is 0 Å². The average molecular weight is 550 g/mol. The largest absolute Gasteiger partial charge is 0.361 e. The number of carbonyl (C=O) groups is 2. The molecule has 0 aliphatic carbocycles. The molecule has 3 N–H and O–H groups in total. The van der Waals surface area contributed by atoms with Gasteiger partial charge in [-0.15, -0.1) is 0 Å². The van der Waals surface area contributed by atoms with E-state index in [1.54, 1.807) is 18.1 Å². The third kappa shape index (κ3) is 5.50. The number of nitrogens with two attached hydrogens (primary N) is 1. The average Bonchev–Trinajstić information content (AvgIpc) is 3.40. The van der Waals surface area contributed by atoms with Crippen LogP contribution in [0.3, 0.4) is 0 Å². The zero-order valence-electron chi connectivity index (χ0n) is 23.0. The number of aromatic amines is 1. The Morgan fingerprint density at radius 1 is 1.05 bits per heavy atom. The van der Waals surface area contributed by atoms with Gasteiger partial charge in [0, 0.05) is 60.4 Å². The van der Waals surface area contributed by atoms with Crippen LogP contribution in [-0.2, 0) is 21.7 Å². The molecule has 7 nitrogen and oxygen atoms in total. The Bertz CT molecular complexity index is 1310. The first kappa shape index (κ1) is 27.8. The molecular formula is C31H40ClN5O2. The Morgan fingerprint density at radius 2 is 1.72 bits per heavy atom. The Hall–Kier alpha value is -2.71. The maximum absolute atomic E-state index is 14.4. The van der Waals surface area contributed by atoms with E-state index in [-0.39, 0.29) is 11.7 Å². The van der Waals surface area contributed by atoms with Gasteiger partial charge in [0.25, 0.3) is 0 Å². The van der Waals surface area contributed by atoms with Crippen LogP contribution in [0.4, 0.5) is 0 Å². The maximum Gasteiger partial charge on any atom is 0.242 e. The van der Waals surface area contributed by atoms with Gasteiger partial charge < -0.3 is 20.5 Å². The summed E-state index contributed by atoms with van der Waals surface area (Å²) < 4.78 is 0. The smallest absolute Gasteiger partial charge is 0.242 e. The standard InChI is InChI=1S/C31H40ClN5O2/c1-22(38)31(33,26-20-34-28-13-7-5-11-25(26)28)29(30(39)35(2)21-23-10-4-6-12-27(23)32)37-18-14-24(15-19-37)36-16-8-3-9-17-36/h4-7,10-13,20,24,29,34H,3,8-9,14-19,21,33H2,1-2H3. The second-order valence-electron chi connectivity index (χ2n) is 11.2. The summed E-state index contributed by atoms with van der Waals surface area (Å²) in [4.78, 5) is 37.7. The molecule has 0 saturated carbocycles. The molecule has 2 atom stereocenters. The van der Waals surface area contributed by atoms with Crippen LogP contribution in [0.15, 0.2) is 54.7 Å². The highest BCUT2D eigenvalue weighted by atomic mass is 35.5. The van der Waals surface area contributed by atoms with Gasteiger partial charge in [0.1, 0.15) is 11.6 Å². The SMILES string of the molecule is CC(=O)C(N)(c1c[nH]c2ccccc12)C(C(=O)N(C)Cc1ccccc1Cl)N1CCC(N2CCCCC2)CC1. The molecule has 3 aromatic rings. The number of amides is 1. The summed E-state index contributed by atoms with van der Waals surface area (Å²) in [7, 11) is 1.77. The van der Waals surface area contributed by atoms with Crippen molar-refractivity contribution in [3.05, 3.63) is 70.9 Å². The minimum absolute atomic E-state index is 0.172. The summed E-state index contributed by atoms with van der Waals surface area (Å²) in [6.45, 7) is 5.57.